The van der Waals surface area contributed by atoms with Crippen molar-refractivity contribution in [1.82, 2.24) is 9.55 Å². The standard InChI is InChI=1S/C15H17FN2/c16-15-17-14(13-8-4-5-9-13)11-18(15)10-12-6-2-1-3-7-12/h1-3,6-7,11,13H,4-5,8-10H2. The molecule has 0 saturated heterocycles. The number of imidazole rings is 1. The van der Waals surface area contributed by atoms with Crippen LogP contribution in [0.4, 0.5) is 4.39 Å². The summed E-state index contributed by atoms with van der Waals surface area (Å²) in [6, 6.07) is 9.94. The van der Waals surface area contributed by atoms with Crippen molar-refractivity contribution in [2.75, 3.05) is 0 Å². The van der Waals surface area contributed by atoms with Gasteiger partial charge in [0.1, 0.15) is 0 Å². The fourth-order valence-electron chi connectivity index (χ4n) is 2.72. The maximum Gasteiger partial charge on any atom is 0.289 e. The van der Waals surface area contributed by atoms with Crippen LogP contribution >= 0.6 is 0 Å². The van der Waals surface area contributed by atoms with Gasteiger partial charge in [-0.05, 0) is 18.4 Å². The zero-order valence-corrected chi connectivity index (χ0v) is 10.3. The van der Waals surface area contributed by atoms with Crippen LogP contribution in [0, 0.1) is 6.08 Å². The number of halogens is 1. The summed E-state index contributed by atoms with van der Waals surface area (Å²) in [5, 5.41) is 0. The summed E-state index contributed by atoms with van der Waals surface area (Å²) >= 11 is 0. The van der Waals surface area contributed by atoms with Crippen LogP contribution in [-0.4, -0.2) is 9.55 Å². The minimum absolute atomic E-state index is 0.360. The highest BCUT2D eigenvalue weighted by Gasteiger charge is 2.21. The normalized spacial score (nSPS) is 16.3. The third-order valence-electron chi connectivity index (χ3n) is 3.72. The number of benzene rings is 1. The van der Waals surface area contributed by atoms with Gasteiger partial charge in [0.2, 0.25) is 0 Å². The molecule has 1 aromatic carbocycles. The molecule has 1 aliphatic rings. The van der Waals surface area contributed by atoms with Crippen molar-refractivity contribution < 1.29 is 4.39 Å². The Morgan fingerprint density at radius 1 is 1.17 bits per heavy atom. The van der Waals surface area contributed by atoms with Gasteiger partial charge < -0.3 is 4.57 Å². The lowest BCUT2D eigenvalue weighted by molar-refractivity contribution is 0.482. The van der Waals surface area contributed by atoms with Gasteiger partial charge in [-0.1, -0.05) is 43.2 Å². The molecule has 3 rings (SSSR count). The van der Waals surface area contributed by atoms with E-state index in [1.807, 2.05) is 36.5 Å². The van der Waals surface area contributed by atoms with Gasteiger partial charge in [-0.15, -0.1) is 0 Å². The van der Waals surface area contributed by atoms with Crippen molar-refractivity contribution in [2.24, 2.45) is 0 Å². The smallest absolute Gasteiger partial charge is 0.289 e. The first-order valence-corrected chi connectivity index (χ1v) is 6.59. The summed E-state index contributed by atoms with van der Waals surface area (Å²) in [5.41, 5.74) is 2.03. The lowest BCUT2D eigenvalue weighted by atomic mass is 10.1. The minimum Gasteiger partial charge on any atom is -0.303 e. The lowest BCUT2D eigenvalue weighted by Gasteiger charge is -2.04. The van der Waals surface area contributed by atoms with Crippen LogP contribution in [-0.2, 0) is 6.54 Å². The maximum atomic E-state index is 13.8. The molecular weight excluding hydrogens is 227 g/mol. The van der Waals surface area contributed by atoms with Gasteiger partial charge in [0.25, 0.3) is 6.08 Å². The molecule has 0 aliphatic heterocycles. The van der Waals surface area contributed by atoms with Crippen molar-refractivity contribution in [3.05, 3.63) is 53.9 Å². The van der Waals surface area contributed by atoms with Gasteiger partial charge in [0.05, 0.1) is 12.2 Å². The molecule has 1 aromatic heterocycles. The predicted molar refractivity (Wildman–Crippen MR) is 68.9 cm³/mol. The Kier molecular flexibility index (Phi) is 3.13. The first-order chi connectivity index (χ1) is 8.83. The molecule has 0 radical (unpaired) electrons. The zero-order valence-electron chi connectivity index (χ0n) is 10.3. The van der Waals surface area contributed by atoms with E-state index in [0.29, 0.717) is 12.5 Å². The monoisotopic (exact) mass is 244 g/mol. The molecule has 2 aromatic rings. The molecule has 0 atom stereocenters. The molecule has 1 fully saturated rings. The third-order valence-corrected chi connectivity index (χ3v) is 3.72. The molecule has 1 aliphatic carbocycles. The molecular formula is C15H17FN2. The maximum absolute atomic E-state index is 13.8. The Morgan fingerprint density at radius 2 is 1.89 bits per heavy atom. The topological polar surface area (TPSA) is 17.8 Å². The molecule has 0 bridgehead atoms. The second-order valence-electron chi connectivity index (χ2n) is 5.03. The predicted octanol–water partition coefficient (Wildman–Crippen LogP) is 3.73. The highest BCUT2D eigenvalue weighted by Crippen LogP contribution is 2.33. The minimum atomic E-state index is -0.360. The van der Waals surface area contributed by atoms with Gasteiger partial charge in [-0.25, -0.2) is 4.98 Å². The second kappa shape index (κ2) is 4.92. The Balaban J connectivity index is 1.80. The second-order valence-corrected chi connectivity index (χ2v) is 5.03. The summed E-state index contributed by atoms with van der Waals surface area (Å²) < 4.78 is 15.4. The van der Waals surface area contributed by atoms with Gasteiger partial charge in [-0.3, -0.25) is 0 Å². The van der Waals surface area contributed by atoms with E-state index >= 15 is 0 Å². The Hall–Kier alpha value is -1.64. The largest absolute Gasteiger partial charge is 0.303 e. The Labute approximate surface area is 106 Å². The summed E-state index contributed by atoms with van der Waals surface area (Å²) in [5.74, 6) is 0.469. The molecule has 0 spiro atoms. The van der Waals surface area contributed by atoms with Crippen LogP contribution in [0.25, 0.3) is 0 Å². The zero-order chi connectivity index (χ0) is 12.4. The SMILES string of the molecule is Fc1nc(C2CCCC2)cn1Cc1ccccc1. The van der Waals surface area contributed by atoms with Gasteiger partial charge in [0.15, 0.2) is 0 Å². The van der Waals surface area contributed by atoms with Crippen molar-refractivity contribution >= 4 is 0 Å². The van der Waals surface area contributed by atoms with Crippen molar-refractivity contribution in [3.8, 4) is 0 Å². The Morgan fingerprint density at radius 3 is 2.61 bits per heavy atom. The number of hydrogen-bond donors (Lipinski definition) is 0. The van der Waals surface area contributed by atoms with E-state index in [1.54, 1.807) is 4.57 Å². The number of aromatic nitrogens is 2. The molecule has 94 valence electrons. The van der Waals surface area contributed by atoms with Crippen LogP contribution < -0.4 is 0 Å². The van der Waals surface area contributed by atoms with Crippen LogP contribution in [0.1, 0.15) is 42.9 Å². The molecule has 2 nitrogen and oxygen atoms in total. The van der Waals surface area contributed by atoms with Crippen molar-refractivity contribution in [2.45, 2.75) is 38.1 Å². The molecule has 1 heterocycles. The summed E-state index contributed by atoms with van der Waals surface area (Å²) in [7, 11) is 0. The summed E-state index contributed by atoms with van der Waals surface area (Å²) in [6.45, 7) is 0.562. The van der Waals surface area contributed by atoms with Crippen molar-refractivity contribution in [3.63, 3.8) is 0 Å². The van der Waals surface area contributed by atoms with Crippen molar-refractivity contribution in [1.29, 1.82) is 0 Å². The average Bonchev–Trinajstić information content (AvgIpc) is 3.01. The molecule has 0 N–H and O–H groups in total. The molecule has 0 unspecified atom stereocenters. The van der Waals surface area contributed by atoms with Gasteiger partial charge >= 0.3 is 0 Å². The summed E-state index contributed by atoms with van der Waals surface area (Å²) in [4.78, 5) is 4.09. The fraction of sp³-hybridized carbons (Fsp3) is 0.400. The molecule has 3 heteroatoms. The van der Waals surface area contributed by atoms with E-state index in [4.69, 9.17) is 0 Å². The highest BCUT2D eigenvalue weighted by molar-refractivity contribution is 5.16. The fourth-order valence-corrected chi connectivity index (χ4v) is 2.72. The summed E-state index contributed by atoms with van der Waals surface area (Å²) in [6.07, 6.45) is 6.33. The number of hydrogen-bond acceptors (Lipinski definition) is 1. The molecule has 1 saturated carbocycles. The number of rotatable bonds is 3. The van der Waals surface area contributed by atoms with Gasteiger partial charge in [0, 0.05) is 12.1 Å². The first kappa shape index (κ1) is 11.5. The van der Waals surface area contributed by atoms with E-state index in [9.17, 15) is 4.39 Å². The van der Waals surface area contributed by atoms with E-state index in [0.717, 1.165) is 24.1 Å². The molecule has 0 amide bonds. The highest BCUT2D eigenvalue weighted by atomic mass is 19.1. The average molecular weight is 244 g/mol. The van der Waals surface area contributed by atoms with Crippen LogP contribution in [0.3, 0.4) is 0 Å². The van der Waals surface area contributed by atoms with Crippen LogP contribution in [0.2, 0.25) is 0 Å². The van der Waals surface area contributed by atoms with Crippen LogP contribution in [0.5, 0.6) is 0 Å². The quantitative estimate of drug-likeness (QED) is 0.804. The van der Waals surface area contributed by atoms with E-state index < -0.39 is 0 Å². The van der Waals surface area contributed by atoms with Gasteiger partial charge in [-0.2, -0.15) is 4.39 Å². The number of nitrogens with zero attached hydrogens (tertiary/aromatic N) is 2. The molecule has 18 heavy (non-hydrogen) atoms. The van der Waals surface area contributed by atoms with E-state index in [1.165, 1.54) is 12.8 Å². The van der Waals surface area contributed by atoms with Crippen LogP contribution in [0.15, 0.2) is 36.5 Å². The van der Waals surface area contributed by atoms with E-state index in [2.05, 4.69) is 4.98 Å². The Bertz CT molecular complexity index is 513. The third kappa shape index (κ3) is 2.30. The lowest BCUT2D eigenvalue weighted by Crippen LogP contribution is -2.01. The van der Waals surface area contributed by atoms with E-state index in [-0.39, 0.29) is 6.08 Å². The first-order valence-electron chi connectivity index (χ1n) is 6.59.